The smallest absolute Gasteiger partial charge is 0.141 e. The highest BCUT2D eigenvalue weighted by molar-refractivity contribution is 7.17. The van der Waals surface area contributed by atoms with Crippen LogP contribution in [0.5, 0.6) is 0 Å². The van der Waals surface area contributed by atoms with Crippen LogP contribution in [0.15, 0.2) is 42.3 Å². The SMILES string of the molecule is Cn1cnnc1C1CCCN(c2ncnc3scc(-c4ccc(F)cc4)c23)C1. The van der Waals surface area contributed by atoms with Crippen molar-refractivity contribution >= 4 is 27.4 Å². The number of hydrogen-bond acceptors (Lipinski definition) is 6. The molecule has 1 saturated heterocycles. The number of halogens is 1. The van der Waals surface area contributed by atoms with Crippen molar-refractivity contribution in [2.75, 3.05) is 18.0 Å². The van der Waals surface area contributed by atoms with E-state index in [4.69, 9.17) is 0 Å². The standard InChI is InChI=1S/C20H19FN6S/c1-26-12-24-25-18(26)14-3-2-8-27(9-14)19-17-16(10-28-20(17)23-11-22-19)13-4-6-15(21)7-5-13/h4-7,10-12,14H,2-3,8-9H2,1H3. The summed E-state index contributed by atoms with van der Waals surface area (Å²) in [6.07, 6.45) is 5.54. The molecule has 6 nitrogen and oxygen atoms in total. The Hall–Kier alpha value is -2.87. The number of rotatable bonds is 3. The first kappa shape index (κ1) is 17.2. The molecule has 5 rings (SSSR count). The van der Waals surface area contributed by atoms with Crippen LogP contribution in [0.3, 0.4) is 0 Å². The van der Waals surface area contributed by atoms with Crippen LogP contribution in [-0.2, 0) is 7.05 Å². The number of aryl methyl sites for hydroxylation is 1. The third-order valence-electron chi connectivity index (χ3n) is 5.34. The van der Waals surface area contributed by atoms with Crippen molar-refractivity contribution in [3.8, 4) is 11.1 Å². The Kier molecular flexibility index (Phi) is 4.27. The molecule has 0 saturated carbocycles. The summed E-state index contributed by atoms with van der Waals surface area (Å²) < 4.78 is 15.4. The van der Waals surface area contributed by atoms with Crippen molar-refractivity contribution in [2.45, 2.75) is 18.8 Å². The summed E-state index contributed by atoms with van der Waals surface area (Å²) in [6.45, 7) is 1.79. The molecule has 0 radical (unpaired) electrons. The van der Waals surface area contributed by atoms with Crippen molar-refractivity contribution in [3.63, 3.8) is 0 Å². The number of anilines is 1. The van der Waals surface area contributed by atoms with Crippen molar-refractivity contribution in [2.24, 2.45) is 7.05 Å². The maximum absolute atomic E-state index is 13.4. The summed E-state index contributed by atoms with van der Waals surface area (Å²) in [4.78, 5) is 12.4. The fourth-order valence-electron chi connectivity index (χ4n) is 3.98. The quantitative estimate of drug-likeness (QED) is 0.525. The maximum atomic E-state index is 13.4. The number of fused-ring (bicyclic) bond motifs is 1. The second kappa shape index (κ2) is 6.94. The Labute approximate surface area is 165 Å². The van der Waals surface area contributed by atoms with Gasteiger partial charge in [-0.3, -0.25) is 0 Å². The van der Waals surface area contributed by atoms with E-state index in [0.717, 1.165) is 58.9 Å². The van der Waals surface area contributed by atoms with Crippen LogP contribution in [0, 0.1) is 5.82 Å². The minimum atomic E-state index is -0.234. The van der Waals surface area contributed by atoms with Crippen molar-refractivity contribution in [1.29, 1.82) is 0 Å². The lowest BCUT2D eigenvalue weighted by atomic mass is 9.96. The molecule has 0 N–H and O–H groups in total. The van der Waals surface area contributed by atoms with Gasteiger partial charge in [-0.2, -0.15) is 0 Å². The first-order chi connectivity index (χ1) is 13.7. The monoisotopic (exact) mass is 394 g/mol. The number of aromatic nitrogens is 5. The van der Waals surface area contributed by atoms with Crippen LogP contribution in [0.25, 0.3) is 21.3 Å². The molecule has 0 aliphatic carbocycles. The Balaban J connectivity index is 1.56. The van der Waals surface area contributed by atoms with Gasteiger partial charge in [-0.05, 0) is 30.5 Å². The zero-order chi connectivity index (χ0) is 19.1. The molecule has 1 aliphatic heterocycles. The lowest BCUT2D eigenvalue weighted by Gasteiger charge is -2.33. The molecule has 1 unspecified atom stereocenters. The molecule has 1 aliphatic rings. The third kappa shape index (κ3) is 2.93. The number of benzene rings is 1. The van der Waals surface area contributed by atoms with E-state index in [1.807, 2.05) is 23.7 Å². The number of piperidine rings is 1. The fraction of sp³-hybridized carbons (Fsp3) is 0.300. The van der Waals surface area contributed by atoms with Crippen molar-refractivity contribution < 1.29 is 4.39 Å². The van der Waals surface area contributed by atoms with E-state index in [1.54, 1.807) is 24.0 Å². The zero-order valence-corrected chi connectivity index (χ0v) is 16.2. The van der Waals surface area contributed by atoms with E-state index in [1.165, 1.54) is 12.1 Å². The summed E-state index contributed by atoms with van der Waals surface area (Å²) in [7, 11) is 1.99. The van der Waals surface area contributed by atoms with E-state index in [-0.39, 0.29) is 5.82 Å². The molecule has 0 bridgehead atoms. The van der Waals surface area contributed by atoms with Crippen molar-refractivity contribution in [3.05, 3.63) is 53.9 Å². The molecule has 4 aromatic rings. The van der Waals surface area contributed by atoms with Crippen LogP contribution in [0.1, 0.15) is 24.6 Å². The van der Waals surface area contributed by atoms with Gasteiger partial charge < -0.3 is 9.47 Å². The van der Waals surface area contributed by atoms with Crippen molar-refractivity contribution in [1.82, 2.24) is 24.7 Å². The van der Waals surface area contributed by atoms with Gasteiger partial charge in [-0.25, -0.2) is 14.4 Å². The van der Waals surface area contributed by atoms with Gasteiger partial charge >= 0.3 is 0 Å². The van der Waals surface area contributed by atoms with Crippen LogP contribution < -0.4 is 4.90 Å². The van der Waals surface area contributed by atoms with Crippen LogP contribution in [-0.4, -0.2) is 37.8 Å². The molecule has 1 atom stereocenters. The van der Waals surface area contributed by atoms with E-state index in [0.29, 0.717) is 5.92 Å². The summed E-state index contributed by atoms with van der Waals surface area (Å²) in [5, 5.41) is 11.5. The number of thiophene rings is 1. The molecule has 1 aromatic carbocycles. The Morgan fingerprint density at radius 2 is 2.04 bits per heavy atom. The van der Waals surface area contributed by atoms with E-state index >= 15 is 0 Å². The first-order valence-electron chi connectivity index (χ1n) is 9.27. The molecule has 0 spiro atoms. The largest absolute Gasteiger partial charge is 0.355 e. The average molecular weight is 394 g/mol. The molecular weight excluding hydrogens is 375 g/mol. The summed E-state index contributed by atoms with van der Waals surface area (Å²) in [5.41, 5.74) is 2.03. The predicted molar refractivity (Wildman–Crippen MR) is 108 cm³/mol. The molecule has 28 heavy (non-hydrogen) atoms. The number of hydrogen-bond donors (Lipinski definition) is 0. The zero-order valence-electron chi connectivity index (χ0n) is 15.4. The summed E-state index contributed by atoms with van der Waals surface area (Å²) >= 11 is 1.59. The van der Waals surface area contributed by atoms with Crippen LogP contribution in [0.4, 0.5) is 10.2 Å². The minimum Gasteiger partial charge on any atom is -0.355 e. The Morgan fingerprint density at radius 1 is 1.18 bits per heavy atom. The minimum absolute atomic E-state index is 0.234. The van der Waals surface area contributed by atoms with E-state index in [9.17, 15) is 4.39 Å². The van der Waals surface area contributed by atoms with Gasteiger partial charge in [0.25, 0.3) is 0 Å². The predicted octanol–water partition coefficient (Wildman–Crippen LogP) is 4.01. The summed E-state index contributed by atoms with van der Waals surface area (Å²) in [6, 6.07) is 6.61. The van der Waals surface area contributed by atoms with Gasteiger partial charge in [-0.15, -0.1) is 21.5 Å². The maximum Gasteiger partial charge on any atom is 0.141 e. The first-order valence-corrected chi connectivity index (χ1v) is 10.2. The Morgan fingerprint density at radius 3 is 2.82 bits per heavy atom. The van der Waals surface area contributed by atoms with Gasteiger partial charge in [0.1, 0.15) is 34.9 Å². The second-order valence-electron chi connectivity index (χ2n) is 7.12. The molecule has 142 valence electrons. The van der Waals surface area contributed by atoms with Gasteiger partial charge in [0.05, 0.1) is 5.39 Å². The highest BCUT2D eigenvalue weighted by atomic mass is 32.1. The normalized spacial score (nSPS) is 17.4. The van der Waals surface area contributed by atoms with Gasteiger partial charge in [0, 0.05) is 37.0 Å². The molecular formula is C20H19FN6S. The van der Waals surface area contributed by atoms with Gasteiger partial charge in [-0.1, -0.05) is 12.1 Å². The van der Waals surface area contributed by atoms with Crippen LogP contribution in [0.2, 0.25) is 0 Å². The molecule has 3 aromatic heterocycles. The second-order valence-corrected chi connectivity index (χ2v) is 7.98. The topological polar surface area (TPSA) is 59.7 Å². The fourth-order valence-corrected chi connectivity index (χ4v) is 4.89. The average Bonchev–Trinajstić information content (AvgIpc) is 3.35. The number of nitrogens with zero attached hydrogens (tertiary/aromatic N) is 6. The lowest BCUT2D eigenvalue weighted by molar-refractivity contribution is 0.478. The van der Waals surface area contributed by atoms with Gasteiger partial charge in [0.2, 0.25) is 0 Å². The highest BCUT2D eigenvalue weighted by Gasteiger charge is 2.27. The Bertz CT molecular complexity index is 1120. The van der Waals surface area contributed by atoms with Crippen LogP contribution >= 0.6 is 11.3 Å². The van der Waals surface area contributed by atoms with Gasteiger partial charge in [0.15, 0.2) is 0 Å². The third-order valence-corrected chi connectivity index (χ3v) is 6.22. The van der Waals surface area contributed by atoms with E-state index < -0.39 is 0 Å². The lowest BCUT2D eigenvalue weighted by Crippen LogP contribution is -2.36. The van der Waals surface area contributed by atoms with E-state index in [2.05, 4.69) is 30.4 Å². The molecule has 1 fully saturated rings. The molecule has 0 amide bonds. The molecule has 4 heterocycles. The highest BCUT2D eigenvalue weighted by Crippen LogP contribution is 2.39. The molecule has 8 heteroatoms. The summed E-state index contributed by atoms with van der Waals surface area (Å²) in [5.74, 6) is 2.04.